The van der Waals surface area contributed by atoms with Crippen LogP contribution in [-0.4, -0.2) is 27.7 Å². The number of pyridine rings is 1. The highest BCUT2D eigenvalue weighted by molar-refractivity contribution is 9.10. The van der Waals surface area contributed by atoms with Gasteiger partial charge in [-0.05, 0) is 61.7 Å². The van der Waals surface area contributed by atoms with E-state index in [1.165, 1.54) is 0 Å². The van der Waals surface area contributed by atoms with Gasteiger partial charge >= 0.3 is 0 Å². The standard InChI is InChI=1S/C27H27BrCl2N2O3/c1-14(2)24(33)25(34)31-22-13-27(3,4)35-26-20(22)12-18(15-5-8-17(29)9-6-15)23(32-26)19-11-16(28)7-10-21(19)30/h5-12,14,22,24,33H,13H2,1-4H3,(H,31,34). The molecule has 1 amide bonds. The van der Waals surface area contributed by atoms with E-state index in [0.717, 1.165) is 26.7 Å². The van der Waals surface area contributed by atoms with E-state index in [4.69, 9.17) is 32.9 Å². The molecule has 0 spiro atoms. The third-order valence-electron chi connectivity index (χ3n) is 6.01. The Kier molecular flexibility index (Phi) is 7.49. The quantitative estimate of drug-likeness (QED) is 0.336. The van der Waals surface area contributed by atoms with Gasteiger partial charge in [-0.3, -0.25) is 4.79 Å². The Morgan fingerprint density at radius 2 is 1.83 bits per heavy atom. The second-order valence-corrected chi connectivity index (χ2v) is 11.5. The SMILES string of the molecule is CC(C)C(O)C(=O)NC1CC(C)(C)Oc2nc(-c3cc(Br)ccc3Cl)c(-c3ccc(Cl)cc3)cc21. The average Bonchev–Trinajstić information content (AvgIpc) is 2.79. The fourth-order valence-electron chi connectivity index (χ4n) is 4.17. The number of nitrogens with zero attached hydrogens (tertiary/aromatic N) is 1. The van der Waals surface area contributed by atoms with Gasteiger partial charge in [0.25, 0.3) is 0 Å². The van der Waals surface area contributed by atoms with E-state index in [0.29, 0.717) is 28.0 Å². The van der Waals surface area contributed by atoms with Crippen LogP contribution < -0.4 is 10.1 Å². The molecule has 2 atom stereocenters. The summed E-state index contributed by atoms with van der Waals surface area (Å²) in [5.74, 6) is -0.193. The molecule has 1 aliphatic heterocycles. The summed E-state index contributed by atoms with van der Waals surface area (Å²) in [5, 5.41) is 14.5. The number of aromatic nitrogens is 1. The summed E-state index contributed by atoms with van der Waals surface area (Å²) in [6.07, 6.45) is -0.581. The van der Waals surface area contributed by atoms with Gasteiger partial charge in [-0.15, -0.1) is 0 Å². The van der Waals surface area contributed by atoms with E-state index in [2.05, 4.69) is 21.2 Å². The first-order chi connectivity index (χ1) is 16.4. The molecule has 2 unspecified atom stereocenters. The normalized spacial score (nSPS) is 17.5. The molecule has 1 aliphatic rings. The summed E-state index contributed by atoms with van der Waals surface area (Å²) < 4.78 is 7.15. The van der Waals surface area contributed by atoms with Crippen molar-refractivity contribution in [2.75, 3.05) is 0 Å². The number of rotatable bonds is 5. The van der Waals surface area contributed by atoms with Crippen molar-refractivity contribution in [1.82, 2.24) is 10.3 Å². The Balaban J connectivity index is 1.91. The highest BCUT2D eigenvalue weighted by atomic mass is 79.9. The molecule has 2 aromatic carbocycles. The van der Waals surface area contributed by atoms with Gasteiger partial charge in [-0.2, -0.15) is 0 Å². The zero-order valence-electron chi connectivity index (χ0n) is 19.9. The van der Waals surface area contributed by atoms with Crippen LogP contribution in [0.4, 0.5) is 0 Å². The van der Waals surface area contributed by atoms with Crippen molar-refractivity contribution in [1.29, 1.82) is 0 Å². The fourth-order valence-corrected chi connectivity index (χ4v) is 4.86. The summed E-state index contributed by atoms with van der Waals surface area (Å²) >= 11 is 16.3. The fraction of sp³-hybridized carbons (Fsp3) is 0.333. The minimum absolute atomic E-state index is 0.203. The van der Waals surface area contributed by atoms with Gasteiger partial charge in [0, 0.05) is 32.6 Å². The molecule has 5 nitrogen and oxygen atoms in total. The van der Waals surface area contributed by atoms with Crippen molar-refractivity contribution < 1.29 is 14.6 Å². The van der Waals surface area contributed by atoms with Crippen LogP contribution in [-0.2, 0) is 4.79 Å². The smallest absolute Gasteiger partial charge is 0.249 e. The molecule has 0 saturated carbocycles. The average molecular weight is 578 g/mol. The lowest BCUT2D eigenvalue weighted by Crippen LogP contribution is -2.45. The summed E-state index contributed by atoms with van der Waals surface area (Å²) in [6.45, 7) is 7.52. The van der Waals surface area contributed by atoms with Gasteiger partial charge < -0.3 is 15.2 Å². The van der Waals surface area contributed by atoms with Gasteiger partial charge in [-0.1, -0.05) is 65.1 Å². The van der Waals surface area contributed by atoms with Crippen LogP contribution in [0.3, 0.4) is 0 Å². The van der Waals surface area contributed by atoms with E-state index in [9.17, 15) is 9.90 Å². The van der Waals surface area contributed by atoms with E-state index in [-0.39, 0.29) is 12.0 Å². The summed E-state index contributed by atoms with van der Waals surface area (Å²) in [7, 11) is 0. The van der Waals surface area contributed by atoms with Gasteiger partial charge in [0.2, 0.25) is 11.8 Å². The van der Waals surface area contributed by atoms with Crippen LogP contribution in [0, 0.1) is 5.92 Å². The largest absolute Gasteiger partial charge is 0.471 e. The Bertz CT molecular complexity index is 1260. The number of nitrogens with one attached hydrogen (secondary N) is 1. The molecule has 0 fully saturated rings. The van der Waals surface area contributed by atoms with Crippen LogP contribution in [0.15, 0.2) is 53.0 Å². The Morgan fingerprint density at radius 1 is 1.14 bits per heavy atom. The first-order valence-electron chi connectivity index (χ1n) is 11.4. The van der Waals surface area contributed by atoms with Crippen molar-refractivity contribution in [2.24, 2.45) is 5.92 Å². The molecule has 4 rings (SSSR count). The summed E-state index contributed by atoms with van der Waals surface area (Å²) in [4.78, 5) is 17.7. The Labute approximate surface area is 224 Å². The molecule has 35 heavy (non-hydrogen) atoms. The second kappa shape index (κ2) is 10.1. The highest BCUT2D eigenvalue weighted by Gasteiger charge is 2.37. The van der Waals surface area contributed by atoms with Crippen molar-refractivity contribution in [3.8, 4) is 28.3 Å². The molecular formula is C27H27BrCl2N2O3. The number of ether oxygens (including phenoxy) is 1. The first-order valence-corrected chi connectivity index (χ1v) is 12.9. The van der Waals surface area contributed by atoms with E-state index in [1.807, 2.05) is 62.4 Å². The number of aliphatic hydroxyl groups is 1. The Morgan fingerprint density at radius 3 is 2.49 bits per heavy atom. The van der Waals surface area contributed by atoms with Crippen molar-refractivity contribution in [2.45, 2.75) is 51.9 Å². The van der Waals surface area contributed by atoms with E-state index in [1.54, 1.807) is 13.8 Å². The van der Waals surface area contributed by atoms with E-state index >= 15 is 0 Å². The number of benzene rings is 2. The van der Waals surface area contributed by atoms with Crippen molar-refractivity contribution in [3.05, 3.63) is 68.6 Å². The van der Waals surface area contributed by atoms with Crippen LogP contribution in [0.25, 0.3) is 22.4 Å². The molecule has 8 heteroatoms. The molecule has 0 bridgehead atoms. The number of carbonyl (C=O) groups is 1. The second-order valence-electron chi connectivity index (χ2n) is 9.73. The predicted octanol–water partition coefficient (Wildman–Crippen LogP) is 7.22. The first kappa shape index (κ1) is 26.0. The maximum Gasteiger partial charge on any atom is 0.249 e. The summed E-state index contributed by atoms with van der Waals surface area (Å²) in [6, 6.07) is 14.7. The van der Waals surface area contributed by atoms with E-state index < -0.39 is 17.6 Å². The molecule has 2 heterocycles. The zero-order chi connectivity index (χ0) is 25.5. The maximum atomic E-state index is 12.8. The van der Waals surface area contributed by atoms with Gasteiger partial charge in [0.05, 0.1) is 16.8 Å². The predicted molar refractivity (Wildman–Crippen MR) is 144 cm³/mol. The highest BCUT2D eigenvalue weighted by Crippen LogP contribution is 2.45. The molecule has 184 valence electrons. The van der Waals surface area contributed by atoms with Crippen LogP contribution in [0.1, 0.15) is 45.7 Å². The van der Waals surface area contributed by atoms with Gasteiger partial charge in [-0.25, -0.2) is 4.98 Å². The third-order valence-corrected chi connectivity index (χ3v) is 7.09. The molecule has 1 aromatic heterocycles. The number of carbonyl (C=O) groups excluding carboxylic acids is 1. The number of hydrogen-bond donors (Lipinski definition) is 2. The molecule has 2 N–H and O–H groups in total. The zero-order valence-corrected chi connectivity index (χ0v) is 23.0. The minimum atomic E-state index is -1.10. The number of halogens is 3. The number of hydrogen-bond acceptors (Lipinski definition) is 4. The van der Waals surface area contributed by atoms with Crippen molar-refractivity contribution >= 4 is 45.0 Å². The van der Waals surface area contributed by atoms with Crippen LogP contribution in [0.5, 0.6) is 5.88 Å². The van der Waals surface area contributed by atoms with Gasteiger partial charge in [0.15, 0.2) is 0 Å². The summed E-state index contributed by atoms with van der Waals surface area (Å²) in [5.41, 5.74) is 3.29. The van der Waals surface area contributed by atoms with Crippen LogP contribution in [0.2, 0.25) is 10.0 Å². The molecule has 0 radical (unpaired) electrons. The lowest BCUT2D eigenvalue weighted by Gasteiger charge is -2.38. The maximum absolute atomic E-state index is 12.8. The van der Waals surface area contributed by atoms with Crippen molar-refractivity contribution in [3.63, 3.8) is 0 Å². The lowest BCUT2D eigenvalue weighted by molar-refractivity contribution is -0.132. The third kappa shape index (κ3) is 5.67. The van der Waals surface area contributed by atoms with Gasteiger partial charge in [0.1, 0.15) is 11.7 Å². The number of amides is 1. The molecule has 0 saturated heterocycles. The Hall–Kier alpha value is -2.12. The minimum Gasteiger partial charge on any atom is -0.471 e. The van der Waals surface area contributed by atoms with Crippen LogP contribution >= 0.6 is 39.1 Å². The lowest BCUT2D eigenvalue weighted by atomic mass is 9.88. The number of fused-ring (bicyclic) bond motifs is 1. The monoisotopic (exact) mass is 576 g/mol. The molecule has 3 aromatic rings. The molecule has 0 aliphatic carbocycles. The number of aliphatic hydroxyl groups excluding tert-OH is 1. The topological polar surface area (TPSA) is 71.5 Å². The molecular weight excluding hydrogens is 551 g/mol.